The molecular weight excluding hydrogens is 241 g/mol. The van der Waals surface area contributed by atoms with E-state index in [0.717, 1.165) is 0 Å². The highest BCUT2D eigenvalue weighted by Gasteiger charge is 2.48. The first kappa shape index (κ1) is 11.7. The van der Waals surface area contributed by atoms with Crippen molar-refractivity contribution in [3.63, 3.8) is 0 Å². The fourth-order valence-corrected chi connectivity index (χ4v) is 2.32. The molecule has 3 N–H and O–H groups in total. The third kappa shape index (κ3) is 1.92. The van der Waals surface area contributed by atoms with Gasteiger partial charge in [0.2, 0.25) is 0 Å². The summed E-state index contributed by atoms with van der Waals surface area (Å²) >= 11 is 0. The number of hydrogen-bond donors (Lipinski definition) is 2. The standard InChI is InChI=1S/C12H14FNO4/c13-6-1-2-7(14)9(3-6)18-10-5-17-11-8(15)4-16-12(10)11/h1-3,8,10-12,15H,4-5,14H2. The number of nitrogens with two attached hydrogens (primary N) is 1. The number of ether oxygens (including phenoxy) is 3. The highest BCUT2D eigenvalue weighted by molar-refractivity contribution is 5.52. The first-order valence-corrected chi connectivity index (χ1v) is 5.78. The normalized spacial score (nSPS) is 34.6. The number of nitrogen functional groups attached to an aromatic ring is 1. The second kappa shape index (κ2) is 4.38. The summed E-state index contributed by atoms with van der Waals surface area (Å²) in [4.78, 5) is 0. The summed E-state index contributed by atoms with van der Waals surface area (Å²) in [5, 5.41) is 9.59. The number of aliphatic hydroxyl groups excluding tert-OH is 1. The summed E-state index contributed by atoms with van der Waals surface area (Å²) in [6.45, 7) is 0.524. The smallest absolute Gasteiger partial charge is 0.151 e. The van der Waals surface area contributed by atoms with Crippen LogP contribution in [-0.2, 0) is 9.47 Å². The molecule has 2 fully saturated rings. The Morgan fingerprint density at radius 1 is 1.28 bits per heavy atom. The van der Waals surface area contributed by atoms with Gasteiger partial charge in [-0.25, -0.2) is 4.39 Å². The van der Waals surface area contributed by atoms with Gasteiger partial charge in [0.25, 0.3) is 0 Å². The first-order chi connectivity index (χ1) is 8.65. The van der Waals surface area contributed by atoms with Gasteiger partial charge in [-0.1, -0.05) is 0 Å². The molecule has 2 heterocycles. The van der Waals surface area contributed by atoms with E-state index in [1.165, 1.54) is 18.2 Å². The molecule has 0 spiro atoms. The lowest BCUT2D eigenvalue weighted by Gasteiger charge is -2.18. The molecule has 5 nitrogen and oxygen atoms in total. The van der Waals surface area contributed by atoms with E-state index in [4.69, 9.17) is 19.9 Å². The summed E-state index contributed by atoms with van der Waals surface area (Å²) in [6.07, 6.45) is -1.71. The minimum Gasteiger partial charge on any atom is -0.483 e. The van der Waals surface area contributed by atoms with E-state index in [-0.39, 0.29) is 30.7 Å². The van der Waals surface area contributed by atoms with Gasteiger partial charge >= 0.3 is 0 Å². The van der Waals surface area contributed by atoms with Gasteiger partial charge in [0.1, 0.15) is 29.9 Å². The molecule has 2 aliphatic heterocycles. The van der Waals surface area contributed by atoms with Crippen molar-refractivity contribution < 1.29 is 23.7 Å². The van der Waals surface area contributed by atoms with Crippen LogP contribution in [0.3, 0.4) is 0 Å². The SMILES string of the molecule is Nc1ccc(F)cc1OC1COC2C(O)COC12. The van der Waals surface area contributed by atoms with Crippen LogP contribution in [0.15, 0.2) is 18.2 Å². The molecule has 0 aliphatic carbocycles. The number of anilines is 1. The number of fused-ring (bicyclic) bond motifs is 1. The Hall–Kier alpha value is -1.37. The van der Waals surface area contributed by atoms with Crippen LogP contribution in [0, 0.1) is 5.82 Å². The van der Waals surface area contributed by atoms with Crippen LogP contribution < -0.4 is 10.5 Å². The zero-order valence-electron chi connectivity index (χ0n) is 9.58. The third-order valence-electron chi connectivity index (χ3n) is 3.24. The van der Waals surface area contributed by atoms with Crippen molar-refractivity contribution in [2.24, 2.45) is 0 Å². The molecule has 2 aliphatic rings. The average Bonchev–Trinajstić information content (AvgIpc) is 2.89. The molecule has 18 heavy (non-hydrogen) atoms. The van der Waals surface area contributed by atoms with Gasteiger partial charge in [0.15, 0.2) is 6.10 Å². The fourth-order valence-electron chi connectivity index (χ4n) is 2.32. The van der Waals surface area contributed by atoms with Crippen LogP contribution in [0.2, 0.25) is 0 Å². The van der Waals surface area contributed by atoms with E-state index in [1.807, 2.05) is 0 Å². The Labute approximate surface area is 103 Å². The Balaban J connectivity index is 1.75. The lowest BCUT2D eigenvalue weighted by Crippen LogP contribution is -2.34. The number of rotatable bonds is 2. The van der Waals surface area contributed by atoms with Crippen LogP contribution in [-0.4, -0.2) is 42.7 Å². The number of halogens is 1. The van der Waals surface area contributed by atoms with Crippen molar-refractivity contribution in [2.45, 2.75) is 24.4 Å². The Kier molecular flexibility index (Phi) is 2.85. The summed E-state index contributed by atoms with van der Waals surface area (Å²) in [5.41, 5.74) is 6.07. The minimum absolute atomic E-state index is 0.230. The lowest BCUT2D eigenvalue weighted by atomic mass is 10.1. The molecule has 0 bridgehead atoms. The molecule has 4 unspecified atom stereocenters. The molecule has 2 saturated heterocycles. The number of aliphatic hydroxyl groups is 1. The van der Waals surface area contributed by atoms with Crippen molar-refractivity contribution in [3.05, 3.63) is 24.0 Å². The van der Waals surface area contributed by atoms with Gasteiger partial charge in [-0.15, -0.1) is 0 Å². The van der Waals surface area contributed by atoms with E-state index in [2.05, 4.69) is 0 Å². The largest absolute Gasteiger partial charge is 0.483 e. The Bertz CT molecular complexity index is 456. The van der Waals surface area contributed by atoms with Gasteiger partial charge in [-0.05, 0) is 12.1 Å². The predicted molar refractivity (Wildman–Crippen MR) is 60.7 cm³/mol. The highest BCUT2D eigenvalue weighted by atomic mass is 19.1. The van der Waals surface area contributed by atoms with Gasteiger partial charge in [-0.3, -0.25) is 0 Å². The zero-order valence-corrected chi connectivity index (χ0v) is 9.58. The molecule has 0 amide bonds. The molecule has 6 heteroatoms. The Morgan fingerprint density at radius 3 is 2.89 bits per heavy atom. The molecule has 1 aromatic carbocycles. The summed E-state index contributed by atoms with van der Waals surface area (Å²) in [5.74, 6) is -0.142. The van der Waals surface area contributed by atoms with Crippen molar-refractivity contribution in [1.29, 1.82) is 0 Å². The quantitative estimate of drug-likeness (QED) is 0.744. The van der Waals surface area contributed by atoms with Gasteiger partial charge in [-0.2, -0.15) is 0 Å². The monoisotopic (exact) mass is 255 g/mol. The maximum absolute atomic E-state index is 13.1. The molecule has 0 radical (unpaired) electrons. The van der Waals surface area contributed by atoms with Crippen LogP contribution in [0.4, 0.5) is 10.1 Å². The summed E-state index contributed by atoms with van der Waals surface area (Å²) < 4.78 is 29.6. The van der Waals surface area contributed by atoms with Crippen molar-refractivity contribution in [2.75, 3.05) is 18.9 Å². The van der Waals surface area contributed by atoms with E-state index < -0.39 is 11.9 Å². The molecule has 0 saturated carbocycles. The fraction of sp³-hybridized carbons (Fsp3) is 0.500. The van der Waals surface area contributed by atoms with E-state index >= 15 is 0 Å². The maximum atomic E-state index is 13.1. The van der Waals surface area contributed by atoms with E-state index in [1.54, 1.807) is 0 Å². The maximum Gasteiger partial charge on any atom is 0.151 e. The lowest BCUT2D eigenvalue weighted by molar-refractivity contribution is 0.00871. The highest BCUT2D eigenvalue weighted by Crippen LogP contribution is 2.32. The van der Waals surface area contributed by atoms with Gasteiger partial charge in [0, 0.05) is 6.07 Å². The summed E-state index contributed by atoms with van der Waals surface area (Å²) in [6, 6.07) is 3.95. The van der Waals surface area contributed by atoms with Crippen molar-refractivity contribution in [1.82, 2.24) is 0 Å². The molecule has 1 aromatic rings. The number of benzene rings is 1. The number of hydrogen-bond acceptors (Lipinski definition) is 5. The van der Waals surface area contributed by atoms with Crippen LogP contribution in [0.25, 0.3) is 0 Å². The van der Waals surface area contributed by atoms with Crippen molar-refractivity contribution in [3.8, 4) is 5.75 Å². The average molecular weight is 255 g/mol. The third-order valence-corrected chi connectivity index (χ3v) is 3.24. The predicted octanol–water partition coefficient (Wildman–Crippen LogP) is 0.314. The molecule has 98 valence electrons. The Morgan fingerprint density at radius 2 is 2.06 bits per heavy atom. The molecule has 3 rings (SSSR count). The topological polar surface area (TPSA) is 73.9 Å². The van der Waals surface area contributed by atoms with E-state index in [0.29, 0.717) is 12.3 Å². The van der Waals surface area contributed by atoms with Gasteiger partial charge in [0.05, 0.1) is 18.9 Å². The minimum atomic E-state index is -0.631. The zero-order chi connectivity index (χ0) is 12.7. The molecule has 4 atom stereocenters. The molecular formula is C12H14FNO4. The summed E-state index contributed by atoms with van der Waals surface area (Å²) in [7, 11) is 0. The van der Waals surface area contributed by atoms with Crippen LogP contribution >= 0.6 is 0 Å². The van der Waals surface area contributed by atoms with Crippen LogP contribution in [0.5, 0.6) is 5.75 Å². The van der Waals surface area contributed by atoms with Crippen molar-refractivity contribution >= 4 is 5.69 Å². The van der Waals surface area contributed by atoms with Gasteiger partial charge < -0.3 is 25.1 Å². The molecule has 0 aromatic heterocycles. The second-order valence-corrected chi connectivity index (χ2v) is 4.50. The van der Waals surface area contributed by atoms with Crippen LogP contribution in [0.1, 0.15) is 0 Å². The van der Waals surface area contributed by atoms with E-state index in [9.17, 15) is 9.50 Å². The first-order valence-electron chi connectivity index (χ1n) is 5.78. The second-order valence-electron chi connectivity index (χ2n) is 4.50.